The number of benzene rings is 2. The van der Waals surface area contributed by atoms with E-state index in [4.69, 9.17) is 14.7 Å². The van der Waals surface area contributed by atoms with Crippen LogP contribution in [-0.4, -0.2) is 25.6 Å². The quantitative estimate of drug-likeness (QED) is 0.815. The summed E-state index contributed by atoms with van der Waals surface area (Å²) in [4.78, 5) is 24.5. The molecule has 0 heterocycles. The molecule has 0 unspecified atom stereocenters. The molecule has 0 aliphatic rings. The molecule has 2 aromatic rings. The van der Waals surface area contributed by atoms with Crippen LogP contribution in [0.1, 0.15) is 18.1 Å². The summed E-state index contributed by atoms with van der Waals surface area (Å²) in [5, 5.41) is 11.4. The number of carbonyl (C=O) groups is 2. The van der Waals surface area contributed by atoms with Crippen LogP contribution in [0.4, 0.5) is 0 Å². The summed E-state index contributed by atoms with van der Waals surface area (Å²) in [6.07, 6.45) is 0. The van der Waals surface area contributed by atoms with E-state index in [-0.39, 0.29) is 6.61 Å². The molecule has 0 saturated heterocycles. The molecule has 6 nitrogen and oxygen atoms in total. The third-order valence-corrected chi connectivity index (χ3v) is 3.69. The van der Waals surface area contributed by atoms with Crippen LogP contribution in [0.25, 0.3) is 0 Å². The number of carbonyl (C=O) groups excluding carboxylic acids is 2. The minimum absolute atomic E-state index is 0.273. The second-order valence-corrected chi connectivity index (χ2v) is 5.46. The van der Waals surface area contributed by atoms with E-state index >= 15 is 0 Å². The fourth-order valence-corrected chi connectivity index (χ4v) is 2.31. The molecule has 0 fully saturated rings. The van der Waals surface area contributed by atoms with Gasteiger partial charge in [-0.25, -0.2) is 4.79 Å². The van der Waals surface area contributed by atoms with Crippen LogP contribution in [0.3, 0.4) is 0 Å². The number of methoxy groups -OCH3 is 1. The van der Waals surface area contributed by atoms with Gasteiger partial charge < -0.3 is 14.8 Å². The van der Waals surface area contributed by atoms with Gasteiger partial charge in [-0.05, 0) is 36.8 Å². The van der Waals surface area contributed by atoms with Crippen LogP contribution >= 0.6 is 0 Å². The summed E-state index contributed by atoms with van der Waals surface area (Å²) in [7, 11) is 1.27. The highest BCUT2D eigenvalue weighted by Gasteiger charge is 2.38. The maximum Gasteiger partial charge on any atom is 0.336 e. The van der Waals surface area contributed by atoms with Crippen molar-refractivity contribution in [3.8, 4) is 11.8 Å². The van der Waals surface area contributed by atoms with E-state index in [1.807, 2.05) is 12.1 Å². The minimum Gasteiger partial charge on any atom is -0.484 e. The SMILES string of the molecule is COC(=O)[C@@](C)(NC(=O)COc1ccc(C#N)cc1)c1ccccc1. The lowest BCUT2D eigenvalue weighted by Crippen LogP contribution is -2.51. The van der Waals surface area contributed by atoms with Crippen molar-refractivity contribution in [3.63, 3.8) is 0 Å². The summed E-state index contributed by atoms with van der Waals surface area (Å²) >= 11 is 0. The highest BCUT2D eigenvalue weighted by molar-refractivity contribution is 5.89. The van der Waals surface area contributed by atoms with Gasteiger partial charge in [0.25, 0.3) is 5.91 Å². The second-order valence-electron chi connectivity index (χ2n) is 5.46. The van der Waals surface area contributed by atoms with Gasteiger partial charge >= 0.3 is 5.97 Å². The van der Waals surface area contributed by atoms with Crippen molar-refractivity contribution in [1.82, 2.24) is 5.32 Å². The summed E-state index contributed by atoms with van der Waals surface area (Å²) < 4.78 is 10.2. The molecule has 6 heteroatoms. The number of nitriles is 1. The average molecular weight is 338 g/mol. The highest BCUT2D eigenvalue weighted by atomic mass is 16.5. The molecular weight excluding hydrogens is 320 g/mol. The van der Waals surface area contributed by atoms with Gasteiger partial charge in [0.05, 0.1) is 18.7 Å². The van der Waals surface area contributed by atoms with Crippen LogP contribution in [0.15, 0.2) is 54.6 Å². The number of rotatable bonds is 6. The van der Waals surface area contributed by atoms with Gasteiger partial charge in [0, 0.05) is 0 Å². The Labute approximate surface area is 146 Å². The summed E-state index contributed by atoms with van der Waals surface area (Å²) in [6.45, 7) is 1.30. The Kier molecular flexibility index (Phi) is 5.75. The molecule has 25 heavy (non-hydrogen) atoms. The molecule has 0 aliphatic carbocycles. The standard InChI is InChI=1S/C19H18N2O4/c1-19(18(23)24-2,15-6-4-3-5-7-15)21-17(22)13-25-16-10-8-14(12-20)9-11-16/h3-11H,13H2,1-2H3,(H,21,22)/t19-/m0/s1. The number of ether oxygens (including phenoxy) is 2. The first-order chi connectivity index (χ1) is 12.0. The Bertz CT molecular complexity index is 781. The fourth-order valence-electron chi connectivity index (χ4n) is 2.31. The van der Waals surface area contributed by atoms with Crippen molar-refractivity contribution in [1.29, 1.82) is 5.26 Å². The Balaban J connectivity index is 2.07. The number of nitrogens with one attached hydrogen (secondary N) is 1. The largest absolute Gasteiger partial charge is 0.484 e. The van der Waals surface area contributed by atoms with E-state index in [9.17, 15) is 9.59 Å². The Morgan fingerprint density at radius 2 is 1.76 bits per heavy atom. The van der Waals surface area contributed by atoms with Crippen molar-refractivity contribution >= 4 is 11.9 Å². The van der Waals surface area contributed by atoms with Crippen molar-refractivity contribution < 1.29 is 19.1 Å². The molecular formula is C19H18N2O4. The third kappa shape index (κ3) is 4.36. The van der Waals surface area contributed by atoms with Crippen molar-refractivity contribution in [2.75, 3.05) is 13.7 Å². The zero-order valence-electron chi connectivity index (χ0n) is 14.0. The average Bonchev–Trinajstić information content (AvgIpc) is 2.66. The first-order valence-corrected chi connectivity index (χ1v) is 7.57. The van der Waals surface area contributed by atoms with Gasteiger partial charge in [0.2, 0.25) is 0 Å². The van der Waals surface area contributed by atoms with Crippen LogP contribution < -0.4 is 10.1 Å². The van der Waals surface area contributed by atoms with Crippen LogP contribution in [-0.2, 0) is 19.9 Å². The van der Waals surface area contributed by atoms with Gasteiger partial charge in [-0.3, -0.25) is 4.79 Å². The lowest BCUT2D eigenvalue weighted by atomic mass is 9.92. The van der Waals surface area contributed by atoms with E-state index < -0.39 is 17.4 Å². The normalized spacial score (nSPS) is 12.4. The molecule has 0 radical (unpaired) electrons. The van der Waals surface area contributed by atoms with Crippen LogP contribution in [0.5, 0.6) is 5.75 Å². The van der Waals surface area contributed by atoms with Gasteiger partial charge in [0.15, 0.2) is 12.1 Å². The summed E-state index contributed by atoms with van der Waals surface area (Å²) in [5.41, 5.74) is -0.214. The highest BCUT2D eigenvalue weighted by Crippen LogP contribution is 2.22. The number of nitrogens with zero attached hydrogens (tertiary/aromatic N) is 1. The van der Waals surface area contributed by atoms with Crippen molar-refractivity contribution in [3.05, 3.63) is 65.7 Å². The van der Waals surface area contributed by atoms with Gasteiger partial charge in [0.1, 0.15) is 5.75 Å². The zero-order valence-corrected chi connectivity index (χ0v) is 14.0. The van der Waals surface area contributed by atoms with E-state index in [1.54, 1.807) is 55.5 Å². The minimum atomic E-state index is -1.32. The lowest BCUT2D eigenvalue weighted by molar-refractivity contribution is -0.151. The summed E-state index contributed by atoms with van der Waals surface area (Å²) in [5.74, 6) is -0.597. The molecule has 0 aromatic heterocycles. The van der Waals surface area contributed by atoms with E-state index in [2.05, 4.69) is 5.32 Å². The number of hydrogen-bond acceptors (Lipinski definition) is 5. The number of amides is 1. The third-order valence-electron chi connectivity index (χ3n) is 3.69. The smallest absolute Gasteiger partial charge is 0.336 e. The molecule has 1 N–H and O–H groups in total. The first-order valence-electron chi connectivity index (χ1n) is 7.57. The zero-order chi connectivity index (χ0) is 18.3. The predicted molar refractivity (Wildman–Crippen MR) is 90.6 cm³/mol. The maximum absolute atomic E-state index is 12.3. The Morgan fingerprint density at radius 3 is 2.32 bits per heavy atom. The summed E-state index contributed by atoms with van der Waals surface area (Å²) in [6, 6.07) is 17.2. The van der Waals surface area contributed by atoms with Gasteiger partial charge in [-0.15, -0.1) is 0 Å². The maximum atomic E-state index is 12.3. The van der Waals surface area contributed by atoms with Crippen LogP contribution in [0, 0.1) is 11.3 Å². The molecule has 0 bridgehead atoms. The Hall–Kier alpha value is -3.33. The Morgan fingerprint density at radius 1 is 1.12 bits per heavy atom. The van der Waals surface area contributed by atoms with E-state index in [0.29, 0.717) is 16.9 Å². The molecule has 2 aromatic carbocycles. The lowest BCUT2D eigenvalue weighted by Gasteiger charge is -2.28. The topological polar surface area (TPSA) is 88.4 Å². The molecule has 0 aliphatic heterocycles. The first kappa shape index (κ1) is 18.0. The van der Waals surface area contributed by atoms with Gasteiger partial charge in [-0.1, -0.05) is 30.3 Å². The number of hydrogen-bond donors (Lipinski definition) is 1. The second kappa shape index (κ2) is 7.97. The molecule has 1 atom stereocenters. The molecule has 0 saturated carbocycles. The molecule has 128 valence electrons. The van der Waals surface area contributed by atoms with Crippen molar-refractivity contribution in [2.45, 2.75) is 12.5 Å². The molecule has 2 rings (SSSR count). The van der Waals surface area contributed by atoms with E-state index in [0.717, 1.165) is 0 Å². The van der Waals surface area contributed by atoms with Crippen molar-refractivity contribution in [2.24, 2.45) is 0 Å². The van der Waals surface area contributed by atoms with E-state index in [1.165, 1.54) is 7.11 Å². The van der Waals surface area contributed by atoms with Gasteiger partial charge in [-0.2, -0.15) is 5.26 Å². The van der Waals surface area contributed by atoms with Crippen LogP contribution in [0.2, 0.25) is 0 Å². The molecule has 0 spiro atoms. The fraction of sp³-hybridized carbons (Fsp3) is 0.211. The molecule has 1 amide bonds. The predicted octanol–water partition coefficient (Wildman–Crippen LogP) is 2.14. The monoisotopic (exact) mass is 338 g/mol. The number of esters is 1.